The predicted molar refractivity (Wildman–Crippen MR) is 440 cm³/mol. The molecule has 2 aromatic heterocycles. The molecule has 0 aliphatic rings. The Morgan fingerprint density at radius 2 is 0.564 bits per heavy atom. The van der Waals surface area contributed by atoms with Gasteiger partial charge in [-0.05, 0) is 53.0 Å². The zero-order valence-electron chi connectivity index (χ0n) is 64.0. The Labute approximate surface area is 655 Å². The first-order chi connectivity index (χ1) is 46.9. The van der Waals surface area contributed by atoms with E-state index in [-0.39, 0.29) is 64.5 Å². The van der Waals surface area contributed by atoms with Crippen molar-refractivity contribution in [2.75, 3.05) is 5.32 Å². The van der Waals surface area contributed by atoms with Crippen molar-refractivity contribution >= 4 is 27.5 Å². The molecule has 10 heteroatoms. The summed E-state index contributed by atoms with van der Waals surface area (Å²) in [5.74, 6) is 1.93. The van der Waals surface area contributed by atoms with Crippen LogP contribution in [0.4, 0.5) is 11.4 Å². The second-order valence-corrected chi connectivity index (χ2v) is 39.4. The number of rotatable bonds is 14. The first kappa shape index (κ1) is 91.3. The molecule has 0 amide bonds. The summed E-state index contributed by atoms with van der Waals surface area (Å²) < 4.78 is 3.80. The van der Waals surface area contributed by atoms with Crippen LogP contribution in [-0.4, -0.2) is 35.7 Å². The van der Waals surface area contributed by atoms with Crippen LogP contribution < -0.4 is 5.32 Å². The number of para-hydroxylation sites is 2. The third kappa shape index (κ3) is 40.5. The van der Waals surface area contributed by atoms with Crippen LogP contribution in [0.5, 0.6) is 0 Å². The van der Waals surface area contributed by atoms with Crippen molar-refractivity contribution in [3.63, 3.8) is 0 Å². The van der Waals surface area contributed by atoms with Crippen molar-refractivity contribution in [3.8, 4) is 0 Å². The van der Waals surface area contributed by atoms with Gasteiger partial charge in [0.05, 0.1) is 11.7 Å². The van der Waals surface area contributed by atoms with E-state index >= 15 is 0 Å². The summed E-state index contributed by atoms with van der Waals surface area (Å²) in [6, 6.07) is 89.5. The zero-order chi connectivity index (χ0) is 73.3. The maximum absolute atomic E-state index is 5.33. The van der Waals surface area contributed by atoms with E-state index < -0.39 is 16.1 Å². The average molecular weight is 1530 g/mol. The molecule has 11 rings (SSSR count). The number of aromatic nitrogens is 4. The number of aryl methyl sites for hydroxylation is 2. The van der Waals surface area contributed by atoms with E-state index in [0.717, 1.165) is 56.4 Å². The maximum atomic E-state index is 5.33. The predicted octanol–water partition coefficient (Wildman–Crippen LogP) is 26.0. The number of nitrogens with zero attached hydrogens (tertiary/aromatic N) is 5. The molecular weight excluding hydrogens is 1420 g/mol. The van der Waals surface area contributed by atoms with Gasteiger partial charge < -0.3 is 10.6 Å². The summed E-state index contributed by atoms with van der Waals surface area (Å²) >= 11 is 0. The first-order valence-corrected chi connectivity index (χ1v) is 42.1. The minimum absolute atomic E-state index is 0. The number of anilines is 1. The summed E-state index contributed by atoms with van der Waals surface area (Å²) in [5, 5.41) is 18.7. The van der Waals surface area contributed by atoms with Crippen LogP contribution in [0, 0.1) is 48.5 Å². The van der Waals surface area contributed by atoms with Crippen LogP contribution in [0.2, 0.25) is 51.4 Å². The Hall–Kier alpha value is -7.71. The van der Waals surface area contributed by atoms with Gasteiger partial charge in [-0.25, -0.2) is 0 Å². The van der Waals surface area contributed by atoms with E-state index in [1.54, 1.807) is 0 Å². The van der Waals surface area contributed by atoms with Crippen molar-refractivity contribution in [2.45, 2.75) is 143 Å². The number of nitrogens with one attached hydrogen (secondary N) is 1. The second kappa shape index (κ2) is 49.8. The molecule has 0 aliphatic heterocycles. The van der Waals surface area contributed by atoms with Crippen LogP contribution >= 0.6 is 0 Å². The van der Waals surface area contributed by atoms with Crippen LogP contribution in [0.3, 0.4) is 0 Å². The maximum Gasteiger partial charge on any atom is 4.00 e. The number of hydrogen-bond acceptors (Lipinski definition) is 3. The van der Waals surface area contributed by atoms with Crippen molar-refractivity contribution in [3.05, 3.63) is 400 Å². The van der Waals surface area contributed by atoms with Crippen molar-refractivity contribution in [2.24, 2.45) is 14.1 Å². The van der Waals surface area contributed by atoms with Gasteiger partial charge in [0.15, 0.2) is 0 Å². The van der Waals surface area contributed by atoms with Crippen LogP contribution in [0.1, 0.15) is 164 Å². The van der Waals surface area contributed by atoms with Gasteiger partial charge in [-0.2, -0.15) is 183 Å². The fourth-order valence-corrected chi connectivity index (χ4v) is 12.9. The van der Waals surface area contributed by atoms with E-state index in [0.29, 0.717) is 23.7 Å². The van der Waals surface area contributed by atoms with Crippen molar-refractivity contribution in [1.29, 1.82) is 0 Å². The molecule has 2 heterocycles. The summed E-state index contributed by atoms with van der Waals surface area (Å²) in [7, 11) is 1.45. The Bertz CT molecular complexity index is 3270. The van der Waals surface area contributed by atoms with Gasteiger partial charge in [-0.3, -0.25) is 9.36 Å². The van der Waals surface area contributed by atoms with Crippen LogP contribution in [0.25, 0.3) is 5.32 Å². The van der Waals surface area contributed by atoms with Crippen molar-refractivity contribution < 1.29 is 52.4 Å². The molecule has 9 aromatic carbocycles. The second-order valence-electron chi connectivity index (χ2n) is 28.3. The normalized spacial score (nSPS) is 10.9. The molecule has 0 aliphatic carbocycles. The molecule has 0 spiro atoms. The van der Waals surface area contributed by atoms with Crippen molar-refractivity contribution in [1.82, 2.24) is 19.6 Å². The fraction of sp³-hybridized carbons (Fsp3) is 0.264. The average Bonchev–Trinajstić information content (AvgIpc) is 1.66. The summed E-state index contributed by atoms with van der Waals surface area (Å²) in [6.07, 6.45) is 4.08. The van der Waals surface area contributed by atoms with Crippen LogP contribution in [-0.2, 0) is 66.5 Å². The third-order valence-corrected chi connectivity index (χ3v) is 18.3. The van der Waals surface area contributed by atoms with Gasteiger partial charge in [0.2, 0.25) is 0 Å². The molecule has 2 atom stereocenters. The minimum Gasteiger partial charge on any atom is -0.677 e. The third-order valence-electron chi connectivity index (χ3n) is 15.0. The molecule has 6 nitrogen and oxygen atoms in total. The fourth-order valence-electron chi connectivity index (χ4n) is 9.92. The van der Waals surface area contributed by atoms with E-state index in [4.69, 9.17) is 10.4 Å². The molecule has 0 fully saturated rings. The van der Waals surface area contributed by atoms with Crippen LogP contribution in [0.15, 0.2) is 273 Å². The standard InChI is InChI=1S/C21H35N3Si.C21H34N3Si.7C7H7.2Zr/c2*1-15(2)17-10-9-11-18(16(3)4)21(17)22-20(14-25(6,7)8)19-12-13-24(5)23-19;7*1-7-5-3-2-4-6-7;;/h9-13,15-16,20,22H,14H2,1-8H3;9-13,15-16,20H,14H2,1-8H3;7*2-6H,1H2;;/q;8*-1;2*+4. The molecular formula is C91H118N6Si2Zr2. The Balaban J connectivity index is 0.000000609. The SMILES string of the molecule is CC(C)c1cccc(C(C)C)c1NC(C[Si](C)(C)C)c1ccn(C)n1.CC(C)c1cccc(C(C)C)c1[N-]C(C[Si](C)(C)C)c1ccn(C)n1.[CH2-]c1ccccc1.[CH2-]c1ccccc1.[CH2-]c1ccccc1.[CH2-]c1ccccc1.[CH2-]c1ccccc1.[CH2-]c1ccccc1.[CH2-]c1ccccc1.[Zr+4].[Zr+4]. The Morgan fingerprint density at radius 3 is 0.762 bits per heavy atom. The van der Waals surface area contributed by atoms with Gasteiger partial charge in [-0.15, -0.1) is 90.6 Å². The molecule has 0 saturated carbocycles. The van der Waals surface area contributed by atoms with E-state index in [1.165, 1.54) is 39.7 Å². The van der Waals surface area contributed by atoms with Gasteiger partial charge in [0, 0.05) is 54.0 Å². The molecule has 101 heavy (non-hydrogen) atoms. The number of benzene rings is 9. The molecule has 0 bridgehead atoms. The minimum atomic E-state index is -1.28. The molecule has 0 radical (unpaired) electrons. The zero-order valence-corrected chi connectivity index (χ0v) is 71.0. The topological polar surface area (TPSA) is 61.8 Å². The molecule has 528 valence electrons. The first-order valence-electron chi connectivity index (χ1n) is 34.7. The molecule has 0 saturated heterocycles. The van der Waals surface area contributed by atoms with Gasteiger partial charge in [0.1, 0.15) is 0 Å². The number of hydrogen-bond donors (Lipinski definition) is 1. The monoisotopic (exact) mass is 1530 g/mol. The van der Waals surface area contributed by atoms with Gasteiger partial charge >= 0.3 is 52.4 Å². The quantitative estimate of drug-likeness (QED) is 0.0872. The Kier molecular flexibility index (Phi) is 45.0. The smallest absolute Gasteiger partial charge is 0.677 e. The van der Waals surface area contributed by atoms with E-state index in [9.17, 15) is 0 Å². The molecule has 2 unspecified atom stereocenters. The van der Waals surface area contributed by atoms with E-state index in [1.807, 2.05) is 248 Å². The largest absolute Gasteiger partial charge is 4.00 e. The summed E-state index contributed by atoms with van der Waals surface area (Å²) in [6.45, 7) is 58.7. The molecule has 11 aromatic rings. The van der Waals surface area contributed by atoms with Gasteiger partial charge in [0.25, 0.3) is 0 Å². The van der Waals surface area contributed by atoms with E-state index in [2.05, 4.69) is 202 Å². The van der Waals surface area contributed by atoms with Gasteiger partial charge in [-0.1, -0.05) is 197 Å². The molecule has 1 N–H and O–H groups in total. The Morgan fingerprint density at radius 1 is 0.327 bits per heavy atom. The summed E-state index contributed by atoms with van der Waals surface area (Å²) in [5.41, 5.74) is 17.8. The summed E-state index contributed by atoms with van der Waals surface area (Å²) in [4.78, 5) is 0.